The van der Waals surface area contributed by atoms with Crippen molar-refractivity contribution < 1.29 is 9.63 Å². The first kappa shape index (κ1) is 13.7. The highest BCUT2D eigenvalue weighted by atomic mass is 16.5. The van der Waals surface area contributed by atoms with Gasteiger partial charge in [-0.25, -0.2) is 0 Å². The third-order valence-corrected chi connectivity index (χ3v) is 3.08. The Morgan fingerprint density at radius 3 is 2.58 bits per heavy atom. The lowest BCUT2D eigenvalue weighted by molar-refractivity contribution is 0.114. The topological polar surface area (TPSA) is 85.2 Å². The van der Waals surface area contributed by atoms with Crippen LogP contribution < -0.4 is 5.73 Å². The summed E-state index contributed by atoms with van der Waals surface area (Å²) in [5.74, 6) is 0.884. The molecule has 19 heavy (non-hydrogen) atoms. The zero-order chi connectivity index (χ0) is 13.8. The Morgan fingerprint density at radius 1 is 1.26 bits per heavy atom. The van der Waals surface area contributed by atoms with Crippen LogP contribution in [0.4, 0.5) is 0 Å². The van der Waals surface area contributed by atoms with Crippen molar-refractivity contribution in [3.05, 3.63) is 47.6 Å². The molecule has 0 radical (unpaired) electrons. The van der Waals surface area contributed by atoms with Gasteiger partial charge in [-0.05, 0) is 11.5 Å². The molecule has 0 aliphatic carbocycles. The van der Waals surface area contributed by atoms with E-state index in [9.17, 15) is 5.11 Å². The minimum absolute atomic E-state index is 0.145. The molecule has 0 fully saturated rings. The van der Waals surface area contributed by atoms with Gasteiger partial charge >= 0.3 is 0 Å². The van der Waals surface area contributed by atoms with Gasteiger partial charge in [0.25, 0.3) is 0 Å². The van der Waals surface area contributed by atoms with Gasteiger partial charge in [0.2, 0.25) is 11.7 Å². The Kier molecular flexibility index (Phi) is 4.29. The van der Waals surface area contributed by atoms with Crippen LogP contribution in [0, 0.1) is 5.92 Å². The van der Waals surface area contributed by atoms with Gasteiger partial charge in [-0.3, -0.25) is 0 Å². The van der Waals surface area contributed by atoms with E-state index in [1.807, 2.05) is 44.2 Å². The number of hydrogen-bond acceptors (Lipinski definition) is 5. The van der Waals surface area contributed by atoms with Gasteiger partial charge in [0, 0.05) is 6.04 Å². The number of rotatable bonds is 5. The summed E-state index contributed by atoms with van der Waals surface area (Å²) < 4.78 is 5.14. The maximum atomic E-state index is 10.0. The highest BCUT2D eigenvalue weighted by Gasteiger charge is 2.24. The van der Waals surface area contributed by atoms with Gasteiger partial charge in [0.05, 0.1) is 6.42 Å². The van der Waals surface area contributed by atoms with Gasteiger partial charge in [0.1, 0.15) is 6.10 Å². The predicted octanol–water partition coefficient (Wildman–Crippen LogP) is 1.68. The van der Waals surface area contributed by atoms with Crippen LogP contribution >= 0.6 is 0 Å². The molecule has 0 amide bonds. The fourth-order valence-electron chi connectivity index (χ4n) is 1.77. The van der Waals surface area contributed by atoms with Crippen LogP contribution in [-0.4, -0.2) is 21.3 Å². The van der Waals surface area contributed by atoms with Gasteiger partial charge < -0.3 is 15.4 Å². The minimum atomic E-state index is -0.895. The molecule has 5 nitrogen and oxygen atoms in total. The molecule has 0 aliphatic rings. The molecular weight excluding hydrogens is 242 g/mol. The fourth-order valence-corrected chi connectivity index (χ4v) is 1.77. The minimum Gasteiger partial charge on any atom is -0.383 e. The number of hydrogen-bond donors (Lipinski definition) is 2. The lowest BCUT2D eigenvalue weighted by Gasteiger charge is -2.18. The van der Waals surface area contributed by atoms with Gasteiger partial charge in [-0.15, -0.1) is 0 Å². The summed E-state index contributed by atoms with van der Waals surface area (Å²) in [5.41, 5.74) is 6.97. The first-order valence-corrected chi connectivity index (χ1v) is 6.38. The Labute approximate surface area is 112 Å². The van der Waals surface area contributed by atoms with Crippen LogP contribution in [0.5, 0.6) is 0 Å². The molecule has 5 heteroatoms. The third-order valence-electron chi connectivity index (χ3n) is 3.08. The summed E-state index contributed by atoms with van der Waals surface area (Å²) in [6.45, 7) is 3.89. The van der Waals surface area contributed by atoms with E-state index in [1.54, 1.807) is 0 Å². The number of aromatic nitrogens is 2. The van der Waals surface area contributed by atoms with E-state index in [-0.39, 0.29) is 11.7 Å². The number of aliphatic hydroxyl groups excluding tert-OH is 1. The lowest BCUT2D eigenvalue weighted by atomic mass is 9.99. The summed E-state index contributed by atoms with van der Waals surface area (Å²) in [5, 5.41) is 13.8. The van der Waals surface area contributed by atoms with E-state index in [0.717, 1.165) is 5.56 Å². The summed E-state index contributed by atoms with van der Waals surface area (Å²) >= 11 is 0. The zero-order valence-corrected chi connectivity index (χ0v) is 11.2. The highest BCUT2D eigenvalue weighted by molar-refractivity contribution is 5.18. The molecule has 0 saturated heterocycles. The third kappa shape index (κ3) is 3.39. The second-order valence-electron chi connectivity index (χ2n) is 4.97. The SMILES string of the molecule is CC(C)[C@H](N)C(O)c1noc(Cc2ccccc2)n1. The molecule has 1 aromatic carbocycles. The summed E-state index contributed by atoms with van der Waals surface area (Å²) in [6.07, 6.45) is -0.342. The van der Waals surface area contributed by atoms with Crippen molar-refractivity contribution >= 4 is 0 Å². The summed E-state index contributed by atoms with van der Waals surface area (Å²) in [4.78, 5) is 4.20. The van der Waals surface area contributed by atoms with Crippen LogP contribution in [0.1, 0.15) is 37.2 Å². The average molecular weight is 261 g/mol. The molecule has 0 aliphatic heterocycles. The van der Waals surface area contributed by atoms with E-state index in [1.165, 1.54) is 0 Å². The fraction of sp³-hybridized carbons (Fsp3) is 0.429. The first-order chi connectivity index (χ1) is 9.08. The quantitative estimate of drug-likeness (QED) is 0.855. The molecule has 0 bridgehead atoms. The van der Waals surface area contributed by atoms with Crippen molar-refractivity contribution in [1.29, 1.82) is 0 Å². The molecule has 0 saturated carbocycles. The first-order valence-electron chi connectivity index (χ1n) is 6.38. The molecule has 1 unspecified atom stereocenters. The number of nitrogens with zero attached hydrogens (tertiary/aromatic N) is 2. The van der Waals surface area contributed by atoms with Crippen LogP contribution in [-0.2, 0) is 6.42 Å². The summed E-state index contributed by atoms with van der Waals surface area (Å²) in [6, 6.07) is 9.43. The Hall–Kier alpha value is -1.72. The lowest BCUT2D eigenvalue weighted by Crippen LogP contribution is -2.34. The Morgan fingerprint density at radius 2 is 1.95 bits per heavy atom. The Bertz CT molecular complexity index is 510. The maximum absolute atomic E-state index is 10.0. The molecule has 2 rings (SSSR count). The standard InChI is InChI=1S/C14H19N3O2/c1-9(2)12(15)13(18)14-16-11(19-17-14)8-10-6-4-3-5-7-10/h3-7,9,12-13,18H,8,15H2,1-2H3/t12-,13?/m0/s1. The largest absolute Gasteiger partial charge is 0.383 e. The summed E-state index contributed by atoms with van der Waals surface area (Å²) in [7, 11) is 0. The molecule has 1 aromatic heterocycles. The molecule has 2 atom stereocenters. The van der Waals surface area contributed by atoms with E-state index < -0.39 is 12.1 Å². The van der Waals surface area contributed by atoms with E-state index in [2.05, 4.69) is 10.1 Å². The molecule has 2 aromatic rings. The molecule has 0 spiro atoms. The number of nitrogens with two attached hydrogens (primary N) is 1. The highest BCUT2D eigenvalue weighted by Crippen LogP contribution is 2.18. The predicted molar refractivity (Wildman–Crippen MR) is 71.3 cm³/mol. The van der Waals surface area contributed by atoms with Crippen molar-refractivity contribution in [2.45, 2.75) is 32.4 Å². The normalized spacial score (nSPS) is 14.6. The molecular formula is C14H19N3O2. The monoisotopic (exact) mass is 261 g/mol. The van der Waals surface area contributed by atoms with Crippen molar-refractivity contribution in [2.24, 2.45) is 11.7 Å². The zero-order valence-electron chi connectivity index (χ0n) is 11.2. The van der Waals surface area contributed by atoms with Crippen molar-refractivity contribution in [2.75, 3.05) is 0 Å². The second-order valence-corrected chi connectivity index (χ2v) is 4.97. The molecule has 1 heterocycles. The van der Waals surface area contributed by atoms with Crippen LogP contribution in [0.3, 0.4) is 0 Å². The smallest absolute Gasteiger partial charge is 0.231 e. The van der Waals surface area contributed by atoms with Gasteiger partial charge in [-0.1, -0.05) is 49.3 Å². The number of benzene rings is 1. The second kappa shape index (κ2) is 5.95. The van der Waals surface area contributed by atoms with Crippen molar-refractivity contribution in [3.63, 3.8) is 0 Å². The average Bonchev–Trinajstić information content (AvgIpc) is 2.86. The van der Waals surface area contributed by atoms with E-state index >= 15 is 0 Å². The van der Waals surface area contributed by atoms with E-state index in [0.29, 0.717) is 12.3 Å². The number of aliphatic hydroxyl groups is 1. The van der Waals surface area contributed by atoms with Crippen LogP contribution in [0.2, 0.25) is 0 Å². The molecule has 3 N–H and O–H groups in total. The van der Waals surface area contributed by atoms with Gasteiger partial charge in [-0.2, -0.15) is 4.98 Å². The van der Waals surface area contributed by atoms with Gasteiger partial charge in [0.15, 0.2) is 0 Å². The Balaban J connectivity index is 2.07. The maximum Gasteiger partial charge on any atom is 0.231 e. The van der Waals surface area contributed by atoms with E-state index in [4.69, 9.17) is 10.3 Å². The van der Waals surface area contributed by atoms with Crippen LogP contribution in [0.15, 0.2) is 34.9 Å². The van der Waals surface area contributed by atoms with Crippen molar-refractivity contribution in [3.8, 4) is 0 Å². The van der Waals surface area contributed by atoms with Crippen molar-refractivity contribution in [1.82, 2.24) is 10.1 Å². The molecule has 102 valence electrons. The van der Waals surface area contributed by atoms with Crippen LogP contribution in [0.25, 0.3) is 0 Å².